The first kappa shape index (κ1) is 27.2. The highest BCUT2D eigenvalue weighted by Gasteiger charge is 2.51. The first-order valence-electron chi connectivity index (χ1n) is 12.8. The van der Waals surface area contributed by atoms with Gasteiger partial charge in [0.05, 0.1) is 24.3 Å². The number of aryl methyl sites for hydroxylation is 1. The molecule has 6 nitrogen and oxygen atoms in total. The van der Waals surface area contributed by atoms with Gasteiger partial charge < -0.3 is 14.2 Å². The minimum atomic E-state index is -3.68. The zero-order chi connectivity index (χ0) is 26.3. The molecule has 4 rings (SSSR count). The van der Waals surface area contributed by atoms with Crippen molar-refractivity contribution in [2.75, 3.05) is 19.5 Å². The molecule has 2 aromatic carbocycles. The number of carbonyl (C=O) groups excluding carboxylic acids is 1. The number of benzene rings is 2. The molecule has 0 N–H and O–H groups in total. The molecule has 0 amide bonds. The number of ether oxygens (including phenoxy) is 3. The van der Waals surface area contributed by atoms with Gasteiger partial charge in [0.25, 0.3) is 0 Å². The highest BCUT2D eigenvalue weighted by Crippen LogP contribution is 2.46. The van der Waals surface area contributed by atoms with E-state index in [9.17, 15) is 13.2 Å². The van der Waals surface area contributed by atoms with Crippen LogP contribution >= 0.6 is 11.3 Å². The molecule has 1 atom stereocenters. The van der Waals surface area contributed by atoms with E-state index in [1.54, 1.807) is 13.2 Å². The molecule has 0 radical (unpaired) electrons. The molecule has 0 spiro atoms. The number of sulfone groups is 1. The minimum Gasteiger partial charge on any atom is -0.497 e. The highest BCUT2D eigenvalue weighted by atomic mass is 32.2. The van der Waals surface area contributed by atoms with Crippen LogP contribution in [0.4, 0.5) is 0 Å². The summed E-state index contributed by atoms with van der Waals surface area (Å²) in [6.45, 7) is 2.81. The van der Waals surface area contributed by atoms with E-state index >= 15 is 0 Å². The Balaban J connectivity index is 1.52. The van der Waals surface area contributed by atoms with Crippen LogP contribution in [0.2, 0.25) is 0 Å². The molecule has 1 aliphatic heterocycles. The van der Waals surface area contributed by atoms with Crippen molar-refractivity contribution in [1.82, 2.24) is 0 Å². The minimum absolute atomic E-state index is 0.00971. The molecule has 1 aromatic heterocycles. The molecule has 1 fully saturated rings. The first-order chi connectivity index (χ1) is 17.9. The molecule has 0 saturated carbocycles. The van der Waals surface area contributed by atoms with Crippen LogP contribution in [0.3, 0.4) is 0 Å². The van der Waals surface area contributed by atoms with Crippen molar-refractivity contribution in [3.63, 3.8) is 0 Å². The maximum absolute atomic E-state index is 13.4. The zero-order valence-corrected chi connectivity index (χ0v) is 23.0. The second-order valence-corrected chi connectivity index (χ2v) is 12.6. The van der Waals surface area contributed by atoms with Gasteiger partial charge in [0.15, 0.2) is 9.84 Å². The summed E-state index contributed by atoms with van der Waals surface area (Å²) in [5.41, 5.74) is 1.92. The Morgan fingerprint density at radius 3 is 2.38 bits per heavy atom. The molecule has 8 heteroatoms. The molecule has 3 aromatic rings. The number of hydrogen-bond donors (Lipinski definition) is 0. The van der Waals surface area contributed by atoms with E-state index in [1.165, 1.54) is 11.3 Å². The van der Waals surface area contributed by atoms with Crippen molar-refractivity contribution in [3.8, 4) is 21.9 Å². The molecule has 2 heterocycles. The Hall–Kier alpha value is -2.84. The molecule has 0 aliphatic carbocycles. The van der Waals surface area contributed by atoms with Crippen molar-refractivity contribution in [2.24, 2.45) is 0 Å². The number of carbonyl (C=O) groups is 1. The number of rotatable bonds is 11. The number of esters is 1. The average molecular weight is 543 g/mol. The number of thiophene rings is 1. The Labute approximate surface area is 223 Å². The lowest BCUT2D eigenvalue weighted by Crippen LogP contribution is -2.44. The Morgan fingerprint density at radius 1 is 0.973 bits per heavy atom. The average Bonchev–Trinajstić information content (AvgIpc) is 3.40. The lowest BCUT2D eigenvalue weighted by molar-refractivity contribution is -0.153. The van der Waals surface area contributed by atoms with Crippen LogP contribution in [0.5, 0.6) is 11.5 Å². The second-order valence-electron chi connectivity index (χ2n) is 9.24. The van der Waals surface area contributed by atoms with E-state index in [2.05, 4.69) is 6.92 Å². The summed E-state index contributed by atoms with van der Waals surface area (Å²) in [7, 11) is -2.08. The molecule has 37 heavy (non-hydrogen) atoms. The predicted octanol–water partition coefficient (Wildman–Crippen LogP) is 6.53. The third-order valence-electron chi connectivity index (χ3n) is 6.61. The molecular weight excluding hydrogens is 508 g/mol. The largest absolute Gasteiger partial charge is 0.497 e. The molecule has 1 saturated heterocycles. The van der Waals surface area contributed by atoms with Gasteiger partial charge in [-0.05, 0) is 85.3 Å². The summed E-state index contributed by atoms with van der Waals surface area (Å²) in [6, 6.07) is 19.0. The summed E-state index contributed by atoms with van der Waals surface area (Å²) < 4.78 is 43.6. The fraction of sp³-hybridized carbons (Fsp3) is 0.414. The fourth-order valence-corrected chi connectivity index (χ4v) is 7.96. The maximum Gasteiger partial charge on any atom is 0.308 e. The van der Waals surface area contributed by atoms with Gasteiger partial charge in [-0.15, -0.1) is 11.3 Å². The Kier molecular flexibility index (Phi) is 8.92. The van der Waals surface area contributed by atoms with Crippen LogP contribution in [0.1, 0.15) is 55.9 Å². The van der Waals surface area contributed by atoms with Crippen LogP contribution in [-0.4, -0.2) is 33.9 Å². The van der Waals surface area contributed by atoms with E-state index < -0.39 is 20.7 Å². The van der Waals surface area contributed by atoms with E-state index in [-0.39, 0.29) is 18.6 Å². The fourth-order valence-electron chi connectivity index (χ4n) is 4.43. The molecule has 0 bridgehead atoms. The first-order valence-corrected chi connectivity index (χ1v) is 15.2. The van der Waals surface area contributed by atoms with Gasteiger partial charge in [0.2, 0.25) is 4.93 Å². The zero-order valence-electron chi connectivity index (χ0n) is 21.4. The number of unbranched alkanes of at least 4 members (excludes halogenated alkanes) is 1. The van der Waals surface area contributed by atoms with Gasteiger partial charge in [-0.25, -0.2) is 8.42 Å². The van der Waals surface area contributed by atoms with Crippen molar-refractivity contribution in [2.45, 2.75) is 56.8 Å². The second kappa shape index (κ2) is 12.1. The van der Waals surface area contributed by atoms with Crippen molar-refractivity contribution < 1.29 is 27.4 Å². The van der Waals surface area contributed by atoms with Crippen LogP contribution in [0, 0.1) is 0 Å². The lowest BCUT2D eigenvalue weighted by atomic mass is 10.1. The summed E-state index contributed by atoms with van der Waals surface area (Å²) in [6.07, 6.45) is 4.17. The van der Waals surface area contributed by atoms with Gasteiger partial charge in [-0.3, -0.25) is 4.79 Å². The number of methoxy groups -OCH3 is 1. The van der Waals surface area contributed by atoms with Crippen LogP contribution in [-0.2, 0) is 30.7 Å². The Bertz CT molecular complexity index is 1280. The highest BCUT2D eigenvalue weighted by molar-refractivity contribution is 7.92. The monoisotopic (exact) mass is 542 g/mol. The van der Waals surface area contributed by atoms with Gasteiger partial charge in [-0.1, -0.05) is 25.5 Å². The van der Waals surface area contributed by atoms with Gasteiger partial charge in [0.1, 0.15) is 11.5 Å². The van der Waals surface area contributed by atoms with Gasteiger partial charge >= 0.3 is 5.97 Å². The Morgan fingerprint density at radius 2 is 1.70 bits per heavy atom. The van der Waals surface area contributed by atoms with Crippen molar-refractivity contribution in [1.29, 1.82) is 0 Å². The topological polar surface area (TPSA) is 78.9 Å². The summed E-state index contributed by atoms with van der Waals surface area (Å²) in [4.78, 5) is 12.8. The summed E-state index contributed by atoms with van der Waals surface area (Å²) in [5.74, 6) is 1.05. The molecular formula is C29H34O6S2. The predicted molar refractivity (Wildman–Crippen MR) is 147 cm³/mol. The SMILES string of the molecule is CCCCOc1ccc(-c2ccc([C@]3(OC(=O)CCc4ccc(OC)cc4)CCCCS3(=O)=O)s2)cc1. The molecule has 1 aliphatic rings. The van der Waals surface area contributed by atoms with Crippen LogP contribution in [0.15, 0.2) is 60.7 Å². The standard InChI is InChI=1S/C29H34O6S2/c1-3-4-20-34-25-14-10-23(11-15-25)26-16-17-27(36-26)29(19-5-6-21-37(29,31)32)35-28(30)18-9-22-7-12-24(33-2)13-8-22/h7-8,10-17H,3-6,9,18-21H2,1-2H3/t29-/m0/s1. The van der Waals surface area contributed by atoms with Gasteiger partial charge in [-0.2, -0.15) is 0 Å². The van der Waals surface area contributed by atoms with E-state index in [0.29, 0.717) is 30.7 Å². The summed E-state index contributed by atoms with van der Waals surface area (Å²) >= 11 is 1.37. The maximum atomic E-state index is 13.4. The molecule has 0 unspecified atom stereocenters. The smallest absolute Gasteiger partial charge is 0.308 e. The quantitative estimate of drug-likeness (QED) is 0.202. The third-order valence-corrected chi connectivity index (χ3v) is 10.4. The van der Waals surface area contributed by atoms with Gasteiger partial charge in [0, 0.05) is 17.7 Å². The normalized spacial score (nSPS) is 18.8. The van der Waals surface area contributed by atoms with Crippen LogP contribution < -0.4 is 9.47 Å². The van der Waals surface area contributed by atoms with Crippen LogP contribution in [0.25, 0.3) is 10.4 Å². The van der Waals surface area contributed by atoms with E-state index in [0.717, 1.165) is 40.3 Å². The van der Waals surface area contributed by atoms with E-state index in [1.807, 2.05) is 54.6 Å². The molecule has 198 valence electrons. The summed E-state index contributed by atoms with van der Waals surface area (Å²) in [5, 5.41) is 0. The van der Waals surface area contributed by atoms with Crippen molar-refractivity contribution in [3.05, 3.63) is 71.1 Å². The lowest BCUT2D eigenvalue weighted by Gasteiger charge is -2.35. The third kappa shape index (κ3) is 6.36. The van der Waals surface area contributed by atoms with E-state index in [4.69, 9.17) is 14.2 Å². The van der Waals surface area contributed by atoms with Crippen molar-refractivity contribution >= 4 is 27.1 Å². The number of hydrogen-bond acceptors (Lipinski definition) is 7.